The van der Waals surface area contributed by atoms with Crippen LogP contribution >= 0.6 is 0 Å². The summed E-state index contributed by atoms with van der Waals surface area (Å²) in [6, 6.07) is -0.173. The van der Waals surface area contributed by atoms with Crippen LogP contribution in [0.4, 0.5) is 4.79 Å². The quantitative estimate of drug-likeness (QED) is 0.666. The number of carbonyl (C=O) groups excluding carboxylic acids is 2. The van der Waals surface area contributed by atoms with E-state index in [1.165, 1.54) is 4.90 Å². The Morgan fingerprint density at radius 1 is 1.14 bits per heavy atom. The lowest BCUT2D eigenvalue weighted by molar-refractivity contribution is -0.120. The van der Waals surface area contributed by atoms with E-state index in [1.54, 1.807) is 14.1 Å². The Balaban J connectivity index is 3.44. The van der Waals surface area contributed by atoms with E-state index < -0.39 is 0 Å². The molecular formula is C9H19N3O2. The second-order valence-electron chi connectivity index (χ2n) is 3.23. The van der Waals surface area contributed by atoms with Crippen molar-refractivity contribution in [2.75, 3.05) is 27.2 Å². The van der Waals surface area contributed by atoms with Gasteiger partial charge in [0.05, 0.1) is 0 Å². The molecule has 0 aliphatic carbocycles. The number of carbonyl (C=O) groups is 2. The molecule has 5 nitrogen and oxygen atoms in total. The molecule has 3 amide bonds. The topological polar surface area (TPSA) is 61.4 Å². The van der Waals surface area contributed by atoms with Gasteiger partial charge in [0, 0.05) is 33.6 Å². The van der Waals surface area contributed by atoms with Crippen molar-refractivity contribution in [3.63, 3.8) is 0 Å². The van der Waals surface area contributed by atoms with Crippen molar-refractivity contribution in [2.45, 2.75) is 19.8 Å². The molecule has 0 aromatic heterocycles. The lowest BCUT2D eigenvalue weighted by Crippen LogP contribution is -2.37. The third kappa shape index (κ3) is 6.28. The Labute approximate surface area is 84.8 Å². The monoisotopic (exact) mass is 201 g/mol. The van der Waals surface area contributed by atoms with Crippen molar-refractivity contribution in [3.05, 3.63) is 0 Å². The maximum atomic E-state index is 11.1. The summed E-state index contributed by atoms with van der Waals surface area (Å²) in [5.74, 6) is -0.0223. The fourth-order valence-corrected chi connectivity index (χ4v) is 0.794. The summed E-state index contributed by atoms with van der Waals surface area (Å²) in [6.45, 7) is 3.07. The van der Waals surface area contributed by atoms with Gasteiger partial charge >= 0.3 is 6.03 Å². The zero-order valence-electron chi connectivity index (χ0n) is 9.09. The summed E-state index contributed by atoms with van der Waals surface area (Å²) in [5, 5.41) is 5.35. The molecule has 0 aromatic rings. The Kier molecular flexibility index (Phi) is 6.53. The van der Waals surface area contributed by atoms with Gasteiger partial charge in [-0.25, -0.2) is 4.79 Å². The van der Waals surface area contributed by atoms with E-state index in [4.69, 9.17) is 0 Å². The minimum absolute atomic E-state index is 0.0223. The van der Waals surface area contributed by atoms with Gasteiger partial charge in [-0.2, -0.15) is 0 Å². The number of nitrogens with zero attached hydrogens (tertiary/aromatic N) is 1. The molecule has 0 aliphatic rings. The molecule has 14 heavy (non-hydrogen) atoms. The van der Waals surface area contributed by atoms with Crippen LogP contribution in [0.2, 0.25) is 0 Å². The van der Waals surface area contributed by atoms with E-state index in [0.717, 1.165) is 6.42 Å². The van der Waals surface area contributed by atoms with Crippen LogP contribution in [0.25, 0.3) is 0 Å². The van der Waals surface area contributed by atoms with Crippen LogP contribution in [0.15, 0.2) is 0 Å². The predicted molar refractivity (Wildman–Crippen MR) is 55.0 cm³/mol. The van der Waals surface area contributed by atoms with Crippen LogP contribution in [0.3, 0.4) is 0 Å². The molecule has 0 saturated heterocycles. The molecule has 0 spiro atoms. The smallest absolute Gasteiger partial charge is 0.316 e. The molecule has 0 rings (SSSR count). The van der Waals surface area contributed by atoms with Gasteiger partial charge < -0.3 is 15.5 Å². The normalized spacial score (nSPS) is 9.36. The molecule has 82 valence electrons. The van der Waals surface area contributed by atoms with Crippen molar-refractivity contribution < 1.29 is 9.59 Å². The highest BCUT2D eigenvalue weighted by Crippen LogP contribution is 1.81. The van der Waals surface area contributed by atoms with Crippen LogP contribution in [0, 0.1) is 0 Å². The fraction of sp³-hybridized carbons (Fsp3) is 0.778. The van der Waals surface area contributed by atoms with Gasteiger partial charge in [-0.3, -0.25) is 4.79 Å². The molecular weight excluding hydrogens is 182 g/mol. The van der Waals surface area contributed by atoms with Gasteiger partial charge in [0.15, 0.2) is 0 Å². The number of hydrogen-bond donors (Lipinski definition) is 2. The molecule has 0 aromatic carbocycles. The fourth-order valence-electron chi connectivity index (χ4n) is 0.794. The van der Waals surface area contributed by atoms with Crippen molar-refractivity contribution >= 4 is 11.9 Å². The van der Waals surface area contributed by atoms with Crippen LogP contribution in [0.1, 0.15) is 19.8 Å². The largest absolute Gasteiger partial charge is 0.356 e. The third-order valence-electron chi connectivity index (χ3n) is 1.61. The number of hydrogen-bond acceptors (Lipinski definition) is 2. The molecule has 0 atom stereocenters. The number of nitrogens with one attached hydrogen (secondary N) is 2. The number of rotatable bonds is 5. The average molecular weight is 201 g/mol. The van der Waals surface area contributed by atoms with Crippen LogP contribution in [-0.4, -0.2) is 44.0 Å². The molecule has 0 radical (unpaired) electrons. The van der Waals surface area contributed by atoms with E-state index in [-0.39, 0.29) is 11.9 Å². The van der Waals surface area contributed by atoms with Gasteiger partial charge in [0.1, 0.15) is 0 Å². The minimum atomic E-state index is -0.173. The van der Waals surface area contributed by atoms with Crippen molar-refractivity contribution in [1.82, 2.24) is 15.5 Å². The lowest BCUT2D eigenvalue weighted by atomic mass is 10.4. The summed E-state index contributed by atoms with van der Waals surface area (Å²) in [4.78, 5) is 23.5. The predicted octanol–water partition coefficient (Wildman–Crippen LogP) is 0.174. The first-order valence-corrected chi connectivity index (χ1v) is 4.79. The van der Waals surface area contributed by atoms with Gasteiger partial charge in [0.25, 0.3) is 0 Å². The number of amides is 3. The van der Waals surface area contributed by atoms with Crippen LogP contribution in [-0.2, 0) is 4.79 Å². The maximum Gasteiger partial charge on any atom is 0.316 e. The first-order chi connectivity index (χ1) is 6.57. The van der Waals surface area contributed by atoms with Gasteiger partial charge in [-0.05, 0) is 6.42 Å². The van der Waals surface area contributed by atoms with E-state index in [2.05, 4.69) is 10.6 Å². The SMILES string of the molecule is CCCNC(=O)CCNC(=O)N(C)C. The zero-order chi connectivity index (χ0) is 11.0. The molecule has 0 bridgehead atoms. The summed E-state index contributed by atoms with van der Waals surface area (Å²) >= 11 is 0. The molecule has 5 heteroatoms. The Bertz CT molecular complexity index is 192. The average Bonchev–Trinajstić information content (AvgIpc) is 2.14. The van der Waals surface area contributed by atoms with E-state index >= 15 is 0 Å². The van der Waals surface area contributed by atoms with Crippen molar-refractivity contribution in [3.8, 4) is 0 Å². The van der Waals surface area contributed by atoms with Gasteiger partial charge in [-0.15, -0.1) is 0 Å². The highest BCUT2D eigenvalue weighted by atomic mass is 16.2. The van der Waals surface area contributed by atoms with E-state index in [9.17, 15) is 9.59 Å². The standard InChI is InChI=1S/C9H19N3O2/c1-4-6-10-8(13)5-7-11-9(14)12(2)3/h4-7H2,1-3H3,(H,10,13)(H,11,14). The van der Waals surface area contributed by atoms with Gasteiger partial charge in [0.2, 0.25) is 5.91 Å². The second-order valence-corrected chi connectivity index (χ2v) is 3.23. The van der Waals surface area contributed by atoms with Gasteiger partial charge in [-0.1, -0.05) is 6.92 Å². The van der Waals surface area contributed by atoms with E-state index in [0.29, 0.717) is 19.5 Å². The number of urea groups is 1. The molecule has 0 heterocycles. The molecule has 0 fully saturated rings. The lowest BCUT2D eigenvalue weighted by Gasteiger charge is -2.11. The first kappa shape index (κ1) is 12.7. The molecule has 2 N–H and O–H groups in total. The molecule has 0 unspecified atom stereocenters. The molecule has 0 aliphatic heterocycles. The highest BCUT2D eigenvalue weighted by Gasteiger charge is 2.03. The minimum Gasteiger partial charge on any atom is -0.356 e. The summed E-state index contributed by atoms with van der Waals surface area (Å²) in [5.41, 5.74) is 0. The Morgan fingerprint density at radius 3 is 2.29 bits per heavy atom. The Hall–Kier alpha value is -1.26. The van der Waals surface area contributed by atoms with Crippen molar-refractivity contribution in [1.29, 1.82) is 0 Å². The van der Waals surface area contributed by atoms with Crippen LogP contribution < -0.4 is 10.6 Å². The maximum absolute atomic E-state index is 11.1. The summed E-state index contributed by atoms with van der Waals surface area (Å²) in [7, 11) is 3.32. The van der Waals surface area contributed by atoms with E-state index in [1.807, 2.05) is 6.92 Å². The highest BCUT2D eigenvalue weighted by molar-refractivity contribution is 5.77. The Morgan fingerprint density at radius 2 is 1.79 bits per heavy atom. The molecule has 0 saturated carbocycles. The third-order valence-corrected chi connectivity index (χ3v) is 1.61. The first-order valence-electron chi connectivity index (χ1n) is 4.79. The zero-order valence-corrected chi connectivity index (χ0v) is 9.09. The summed E-state index contributed by atoms with van der Waals surface area (Å²) in [6.07, 6.45) is 1.26. The van der Waals surface area contributed by atoms with Crippen LogP contribution in [0.5, 0.6) is 0 Å². The second kappa shape index (κ2) is 7.17. The summed E-state index contributed by atoms with van der Waals surface area (Å²) < 4.78 is 0. The van der Waals surface area contributed by atoms with Crippen molar-refractivity contribution in [2.24, 2.45) is 0 Å².